The minimum atomic E-state index is -0.707. The van der Waals surface area contributed by atoms with E-state index in [1.165, 1.54) is 13.0 Å². The summed E-state index contributed by atoms with van der Waals surface area (Å²) in [5.74, 6) is -1.85. The van der Waals surface area contributed by atoms with Gasteiger partial charge >= 0.3 is 5.97 Å². The molecule has 0 aliphatic rings. The summed E-state index contributed by atoms with van der Waals surface area (Å²) in [5, 5.41) is 0. The van der Waals surface area contributed by atoms with E-state index in [4.69, 9.17) is 0 Å². The van der Waals surface area contributed by atoms with Crippen molar-refractivity contribution in [3.63, 3.8) is 0 Å². The minimum absolute atomic E-state index is 0.164. The van der Waals surface area contributed by atoms with Gasteiger partial charge in [0.1, 0.15) is 18.2 Å². The first-order valence-corrected chi connectivity index (χ1v) is 3.67. The van der Waals surface area contributed by atoms with E-state index in [-0.39, 0.29) is 12.2 Å². The Morgan fingerprint density at radius 1 is 1.46 bits per heavy atom. The lowest BCUT2D eigenvalue weighted by molar-refractivity contribution is -0.142. The molecule has 0 heterocycles. The fourth-order valence-electron chi connectivity index (χ4n) is 0.818. The van der Waals surface area contributed by atoms with Gasteiger partial charge in [0.05, 0.1) is 0 Å². The standard InChI is InChI=1S/C9H8F2O2/c1-6(12)13-5-7-2-3-8(10)4-9(7)11/h2-4H,5H2,1H3. The first kappa shape index (κ1) is 9.64. The number of hydrogen-bond donors (Lipinski definition) is 0. The zero-order valence-electron chi connectivity index (χ0n) is 7.01. The predicted molar refractivity (Wildman–Crippen MR) is 41.8 cm³/mol. The largest absolute Gasteiger partial charge is 0.461 e. The maximum Gasteiger partial charge on any atom is 0.302 e. The molecule has 13 heavy (non-hydrogen) atoms. The molecule has 0 N–H and O–H groups in total. The molecule has 0 aliphatic carbocycles. The molecule has 1 aromatic carbocycles. The highest BCUT2D eigenvalue weighted by Gasteiger charge is 2.04. The van der Waals surface area contributed by atoms with Gasteiger partial charge in [0.2, 0.25) is 0 Å². The van der Waals surface area contributed by atoms with Gasteiger partial charge in [-0.1, -0.05) is 0 Å². The lowest BCUT2D eigenvalue weighted by Gasteiger charge is -2.02. The van der Waals surface area contributed by atoms with Gasteiger partial charge in [-0.05, 0) is 12.1 Å². The molecule has 0 saturated carbocycles. The Hall–Kier alpha value is -1.45. The van der Waals surface area contributed by atoms with E-state index in [2.05, 4.69) is 4.74 Å². The number of carbonyl (C=O) groups excluding carboxylic acids is 1. The van der Waals surface area contributed by atoms with Crippen LogP contribution in [0.25, 0.3) is 0 Å². The fraction of sp³-hybridized carbons (Fsp3) is 0.222. The number of rotatable bonds is 2. The van der Waals surface area contributed by atoms with Crippen molar-refractivity contribution in [3.05, 3.63) is 35.4 Å². The van der Waals surface area contributed by atoms with E-state index >= 15 is 0 Å². The van der Waals surface area contributed by atoms with Crippen molar-refractivity contribution in [1.29, 1.82) is 0 Å². The highest BCUT2D eigenvalue weighted by atomic mass is 19.1. The molecule has 70 valence electrons. The minimum Gasteiger partial charge on any atom is -0.461 e. The molecule has 0 amide bonds. The van der Waals surface area contributed by atoms with E-state index in [9.17, 15) is 13.6 Å². The average Bonchev–Trinajstić information content (AvgIpc) is 2.02. The van der Waals surface area contributed by atoms with E-state index < -0.39 is 17.6 Å². The van der Waals surface area contributed by atoms with E-state index in [0.29, 0.717) is 0 Å². The summed E-state index contributed by atoms with van der Waals surface area (Å²) in [6, 6.07) is 3.11. The van der Waals surface area contributed by atoms with Crippen molar-refractivity contribution in [1.82, 2.24) is 0 Å². The van der Waals surface area contributed by atoms with Gasteiger partial charge in [-0.15, -0.1) is 0 Å². The first-order chi connectivity index (χ1) is 6.09. The van der Waals surface area contributed by atoms with Gasteiger partial charge < -0.3 is 4.74 Å². The number of ether oxygens (including phenoxy) is 1. The summed E-state index contributed by atoms with van der Waals surface area (Å²) in [5.41, 5.74) is 0.164. The van der Waals surface area contributed by atoms with Crippen molar-refractivity contribution in [2.24, 2.45) is 0 Å². The summed E-state index contributed by atoms with van der Waals surface area (Å²) in [4.78, 5) is 10.4. The van der Waals surface area contributed by atoms with Crippen LogP contribution in [0.1, 0.15) is 12.5 Å². The third-order valence-electron chi connectivity index (χ3n) is 1.45. The lowest BCUT2D eigenvalue weighted by Crippen LogP contribution is -2.01. The van der Waals surface area contributed by atoms with Crippen LogP contribution in [0.5, 0.6) is 0 Å². The average molecular weight is 186 g/mol. The van der Waals surface area contributed by atoms with Crippen LogP contribution in [0.4, 0.5) is 8.78 Å². The van der Waals surface area contributed by atoms with Crippen LogP contribution < -0.4 is 0 Å². The van der Waals surface area contributed by atoms with Crippen LogP contribution >= 0.6 is 0 Å². The second kappa shape index (κ2) is 3.98. The molecular formula is C9H8F2O2. The maximum atomic E-state index is 12.9. The summed E-state index contributed by atoms with van der Waals surface area (Å²) >= 11 is 0. The van der Waals surface area contributed by atoms with Crippen molar-refractivity contribution < 1.29 is 18.3 Å². The van der Waals surface area contributed by atoms with Gasteiger partial charge in [0.25, 0.3) is 0 Å². The molecule has 0 fully saturated rings. The van der Waals surface area contributed by atoms with Gasteiger partial charge in [0, 0.05) is 18.6 Å². The Labute approximate surface area is 74.1 Å². The highest BCUT2D eigenvalue weighted by molar-refractivity contribution is 5.65. The SMILES string of the molecule is CC(=O)OCc1ccc(F)cc1F. The summed E-state index contributed by atoms with van der Waals surface area (Å²) in [6.07, 6.45) is 0. The van der Waals surface area contributed by atoms with Crippen LogP contribution in [0.15, 0.2) is 18.2 Å². The maximum absolute atomic E-state index is 12.9. The zero-order chi connectivity index (χ0) is 9.84. The van der Waals surface area contributed by atoms with Gasteiger partial charge in [-0.2, -0.15) is 0 Å². The van der Waals surface area contributed by atoms with Crippen molar-refractivity contribution >= 4 is 5.97 Å². The summed E-state index contributed by atoms with van der Waals surface area (Å²) < 4.78 is 29.8. The smallest absolute Gasteiger partial charge is 0.302 e. The lowest BCUT2D eigenvalue weighted by atomic mass is 10.2. The molecule has 0 aliphatic heterocycles. The number of halogens is 2. The highest BCUT2D eigenvalue weighted by Crippen LogP contribution is 2.10. The van der Waals surface area contributed by atoms with Gasteiger partial charge in [-0.3, -0.25) is 4.79 Å². The monoisotopic (exact) mass is 186 g/mol. The van der Waals surface area contributed by atoms with Crippen LogP contribution in [-0.2, 0) is 16.1 Å². The van der Waals surface area contributed by atoms with Crippen LogP contribution in [0.2, 0.25) is 0 Å². The molecule has 0 saturated heterocycles. The molecule has 0 aromatic heterocycles. The zero-order valence-corrected chi connectivity index (χ0v) is 7.01. The van der Waals surface area contributed by atoms with E-state index in [0.717, 1.165) is 12.1 Å². The number of esters is 1. The normalized spacial score (nSPS) is 9.77. The third-order valence-corrected chi connectivity index (χ3v) is 1.45. The second-order valence-electron chi connectivity index (χ2n) is 2.52. The van der Waals surface area contributed by atoms with E-state index in [1.54, 1.807) is 0 Å². The number of carbonyl (C=O) groups is 1. The molecular weight excluding hydrogens is 178 g/mol. The van der Waals surface area contributed by atoms with Crippen molar-refractivity contribution in [3.8, 4) is 0 Å². The van der Waals surface area contributed by atoms with Crippen LogP contribution in [0, 0.1) is 11.6 Å². The molecule has 2 nitrogen and oxygen atoms in total. The molecule has 0 radical (unpaired) electrons. The summed E-state index contributed by atoms with van der Waals surface area (Å²) in [6.45, 7) is 1.06. The molecule has 4 heteroatoms. The quantitative estimate of drug-likeness (QED) is 0.660. The number of benzene rings is 1. The molecule has 0 unspecified atom stereocenters. The fourth-order valence-corrected chi connectivity index (χ4v) is 0.818. The van der Waals surface area contributed by atoms with E-state index in [1.807, 2.05) is 0 Å². The Bertz CT molecular complexity index is 323. The number of hydrogen-bond acceptors (Lipinski definition) is 2. The molecule has 0 bridgehead atoms. The Balaban J connectivity index is 2.72. The Morgan fingerprint density at radius 2 is 2.15 bits per heavy atom. The van der Waals surface area contributed by atoms with Crippen LogP contribution in [0.3, 0.4) is 0 Å². The molecule has 0 spiro atoms. The predicted octanol–water partition coefficient (Wildman–Crippen LogP) is 2.03. The van der Waals surface area contributed by atoms with Gasteiger partial charge in [0.15, 0.2) is 0 Å². The Morgan fingerprint density at radius 3 is 2.69 bits per heavy atom. The van der Waals surface area contributed by atoms with Crippen molar-refractivity contribution in [2.45, 2.75) is 13.5 Å². The topological polar surface area (TPSA) is 26.3 Å². The third kappa shape index (κ3) is 2.82. The summed E-state index contributed by atoms with van der Waals surface area (Å²) in [7, 11) is 0. The molecule has 1 aromatic rings. The Kier molecular flexibility index (Phi) is 2.95. The first-order valence-electron chi connectivity index (χ1n) is 3.67. The second-order valence-corrected chi connectivity index (χ2v) is 2.52. The molecule has 1 rings (SSSR count). The molecule has 0 atom stereocenters. The van der Waals surface area contributed by atoms with Gasteiger partial charge in [-0.25, -0.2) is 8.78 Å². The van der Waals surface area contributed by atoms with Crippen LogP contribution in [-0.4, -0.2) is 5.97 Å². The van der Waals surface area contributed by atoms with Crippen molar-refractivity contribution in [2.75, 3.05) is 0 Å².